The molecule has 1 aromatic carbocycles. The molecule has 1 aromatic rings. The van der Waals surface area contributed by atoms with Crippen LogP contribution in [0.3, 0.4) is 0 Å². The fourth-order valence-corrected chi connectivity index (χ4v) is 1.36. The lowest BCUT2D eigenvalue weighted by atomic mass is 10.1. The topological polar surface area (TPSA) is 56.8 Å². The molecule has 0 bridgehead atoms. The van der Waals surface area contributed by atoms with Gasteiger partial charge >= 0.3 is 0 Å². The predicted molar refractivity (Wildman–Crippen MR) is 66.7 cm³/mol. The number of carbonyl (C=O) groups excluding carboxylic acids is 1. The van der Waals surface area contributed by atoms with Crippen molar-refractivity contribution in [2.75, 3.05) is 28.4 Å². The van der Waals surface area contributed by atoms with E-state index >= 15 is 0 Å². The van der Waals surface area contributed by atoms with Crippen molar-refractivity contribution in [2.45, 2.75) is 0 Å². The van der Waals surface area contributed by atoms with Crippen molar-refractivity contribution < 1.29 is 19.0 Å². The van der Waals surface area contributed by atoms with E-state index < -0.39 is 0 Å². The SMILES string of the molecule is CNC(=O)c1cc(OC)c(OC)c(OC)c1.Cl. The zero-order valence-corrected chi connectivity index (χ0v) is 11.0. The summed E-state index contributed by atoms with van der Waals surface area (Å²) >= 11 is 0. The monoisotopic (exact) mass is 261 g/mol. The van der Waals surface area contributed by atoms with Crippen LogP contribution in [0.4, 0.5) is 0 Å². The number of carbonyl (C=O) groups is 1. The summed E-state index contributed by atoms with van der Waals surface area (Å²) in [7, 11) is 6.08. The van der Waals surface area contributed by atoms with Crippen molar-refractivity contribution in [3.05, 3.63) is 17.7 Å². The van der Waals surface area contributed by atoms with Gasteiger partial charge in [-0.05, 0) is 12.1 Å². The highest BCUT2D eigenvalue weighted by Gasteiger charge is 2.15. The second-order valence-electron chi connectivity index (χ2n) is 2.99. The molecule has 0 aromatic heterocycles. The van der Waals surface area contributed by atoms with Crippen molar-refractivity contribution in [3.8, 4) is 17.2 Å². The number of hydrogen-bond donors (Lipinski definition) is 1. The Bertz CT molecular complexity index is 370. The van der Waals surface area contributed by atoms with E-state index in [1.807, 2.05) is 0 Å². The summed E-state index contributed by atoms with van der Waals surface area (Å²) < 4.78 is 15.4. The maximum Gasteiger partial charge on any atom is 0.251 e. The zero-order chi connectivity index (χ0) is 12.1. The highest BCUT2D eigenvalue weighted by molar-refractivity contribution is 5.95. The number of benzene rings is 1. The van der Waals surface area contributed by atoms with Gasteiger partial charge in [0, 0.05) is 12.6 Å². The predicted octanol–water partition coefficient (Wildman–Crippen LogP) is 1.49. The number of rotatable bonds is 4. The van der Waals surface area contributed by atoms with Crippen molar-refractivity contribution >= 4 is 18.3 Å². The third-order valence-electron chi connectivity index (χ3n) is 2.15. The Morgan fingerprint density at radius 2 is 1.53 bits per heavy atom. The van der Waals surface area contributed by atoms with Crippen LogP contribution in [-0.2, 0) is 0 Å². The van der Waals surface area contributed by atoms with E-state index in [4.69, 9.17) is 14.2 Å². The summed E-state index contributed by atoms with van der Waals surface area (Å²) in [6.07, 6.45) is 0. The van der Waals surface area contributed by atoms with Crippen LogP contribution in [0.1, 0.15) is 10.4 Å². The molecular formula is C11H16ClNO4. The highest BCUT2D eigenvalue weighted by atomic mass is 35.5. The van der Waals surface area contributed by atoms with E-state index in [0.717, 1.165) is 0 Å². The first kappa shape index (κ1) is 15.4. The molecule has 0 unspecified atom stereocenters. The first-order chi connectivity index (χ1) is 7.67. The molecule has 0 aliphatic rings. The van der Waals surface area contributed by atoms with Crippen LogP contribution < -0.4 is 19.5 Å². The minimum atomic E-state index is -0.209. The van der Waals surface area contributed by atoms with Crippen LogP contribution in [0.5, 0.6) is 17.2 Å². The molecular weight excluding hydrogens is 246 g/mol. The Morgan fingerprint density at radius 1 is 1.06 bits per heavy atom. The standard InChI is InChI=1S/C11H15NO4.ClH/c1-12-11(13)7-5-8(14-2)10(16-4)9(6-7)15-3;/h5-6H,1-4H3,(H,12,13);1H. The summed E-state index contributed by atoms with van der Waals surface area (Å²) in [6, 6.07) is 3.19. The van der Waals surface area contributed by atoms with Gasteiger partial charge in [0.15, 0.2) is 11.5 Å². The van der Waals surface area contributed by atoms with Crippen LogP contribution in [0.15, 0.2) is 12.1 Å². The van der Waals surface area contributed by atoms with Gasteiger partial charge in [-0.2, -0.15) is 0 Å². The first-order valence-corrected chi connectivity index (χ1v) is 4.70. The third-order valence-corrected chi connectivity index (χ3v) is 2.15. The molecule has 1 N–H and O–H groups in total. The molecule has 0 aliphatic carbocycles. The second kappa shape index (κ2) is 6.85. The van der Waals surface area contributed by atoms with Gasteiger partial charge in [-0.15, -0.1) is 12.4 Å². The van der Waals surface area contributed by atoms with Crippen LogP contribution >= 0.6 is 12.4 Å². The van der Waals surface area contributed by atoms with E-state index in [-0.39, 0.29) is 18.3 Å². The van der Waals surface area contributed by atoms with E-state index in [0.29, 0.717) is 22.8 Å². The van der Waals surface area contributed by atoms with Gasteiger partial charge < -0.3 is 19.5 Å². The van der Waals surface area contributed by atoms with Gasteiger partial charge in [0.25, 0.3) is 5.91 Å². The van der Waals surface area contributed by atoms with Gasteiger partial charge in [-0.3, -0.25) is 4.79 Å². The van der Waals surface area contributed by atoms with E-state index in [1.54, 1.807) is 19.2 Å². The lowest BCUT2D eigenvalue weighted by molar-refractivity contribution is 0.0962. The van der Waals surface area contributed by atoms with Gasteiger partial charge in [-0.25, -0.2) is 0 Å². The minimum absolute atomic E-state index is 0. The van der Waals surface area contributed by atoms with Crippen LogP contribution in [0.2, 0.25) is 0 Å². The Labute approximate surface area is 106 Å². The molecule has 0 spiro atoms. The Hall–Kier alpha value is -1.62. The molecule has 0 fully saturated rings. The van der Waals surface area contributed by atoms with E-state index in [1.165, 1.54) is 21.3 Å². The lowest BCUT2D eigenvalue weighted by Crippen LogP contribution is -2.18. The Morgan fingerprint density at radius 3 is 1.82 bits per heavy atom. The number of amides is 1. The molecule has 0 radical (unpaired) electrons. The van der Waals surface area contributed by atoms with Crippen LogP contribution in [0, 0.1) is 0 Å². The molecule has 5 nitrogen and oxygen atoms in total. The van der Waals surface area contributed by atoms with Crippen molar-refractivity contribution in [1.29, 1.82) is 0 Å². The molecule has 1 rings (SSSR count). The minimum Gasteiger partial charge on any atom is -0.493 e. The van der Waals surface area contributed by atoms with E-state index in [9.17, 15) is 4.79 Å². The number of halogens is 1. The summed E-state index contributed by atoms with van der Waals surface area (Å²) in [5.41, 5.74) is 0.456. The zero-order valence-electron chi connectivity index (χ0n) is 10.2. The quantitative estimate of drug-likeness (QED) is 0.892. The van der Waals surface area contributed by atoms with Gasteiger partial charge in [0.1, 0.15) is 0 Å². The molecule has 0 atom stereocenters. The van der Waals surface area contributed by atoms with Gasteiger partial charge in [0.05, 0.1) is 21.3 Å². The smallest absolute Gasteiger partial charge is 0.251 e. The molecule has 96 valence electrons. The van der Waals surface area contributed by atoms with Crippen molar-refractivity contribution in [3.63, 3.8) is 0 Å². The molecule has 1 amide bonds. The largest absolute Gasteiger partial charge is 0.493 e. The maximum atomic E-state index is 11.5. The number of hydrogen-bond acceptors (Lipinski definition) is 4. The summed E-state index contributed by atoms with van der Waals surface area (Å²) in [5, 5.41) is 2.53. The highest BCUT2D eigenvalue weighted by Crippen LogP contribution is 2.38. The third kappa shape index (κ3) is 3.17. The molecule has 0 aliphatic heterocycles. The van der Waals surface area contributed by atoms with E-state index in [2.05, 4.69) is 5.32 Å². The van der Waals surface area contributed by atoms with Gasteiger partial charge in [0.2, 0.25) is 5.75 Å². The fraction of sp³-hybridized carbons (Fsp3) is 0.364. The summed E-state index contributed by atoms with van der Waals surface area (Å²) in [4.78, 5) is 11.5. The number of ether oxygens (including phenoxy) is 3. The van der Waals surface area contributed by atoms with Gasteiger partial charge in [-0.1, -0.05) is 0 Å². The molecule has 6 heteroatoms. The number of nitrogens with one attached hydrogen (secondary N) is 1. The van der Waals surface area contributed by atoms with Crippen molar-refractivity contribution in [1.82, 2.24) is 5.32 Å². The average molecular weight is 262 g/mol. The maximum absolute atomic E-state index is 11.5. The average Bonchev–Trinajstić information content (AvgIpc) is 2.35. The fourth-order valence-electron chi connectivity index (χ4n) is 1.36. The lowest BCUT2D eigenvalue weighted by Gasteiger charge is -2.13. The molecule has 17 heavy (non-hydrogen) atoms. The molecule has 0 saturated heterocycles. The normalized spacial score (nSPS) is 8.94. The Balaban J connectivity index is 0.00000256. The van der Waals surface area contributed by atoms with Crippen LogP contribution in [-0.4, -0.2) is 34.3 Å². The summed E-state index contributed by atoms with van der Waals surface area (Å²) in [6.45, 7) is 0. The number of methoxy groups -OCH3 is 3. The second-order valence-corrected chi connectivity index (χ2v) is 2.99. The summed E-state index contributed by atoms with van der Waals surface area (Å²) in [5.74, 6) is 1.18. The molecule has 0 heterocycles. The first-order valence-electron chi connectivity index (χ1n) is 4.70. The molecule has 0 saturated carbocycles. The van der Waals surface area contributed by atoms with Crippen molar-refractivity contribution in [2.24, 2.45) is 0 Å². The Kier molecular flexibility index (Phi) is 6.20. The van der Waals surface area contributed by atoms with Crippen LogP contribution in [0.25, 0.3) is 0 Å².